The van der Waals surface area contributed by atoms with Crippen LogP contribution < -0.4 is 14.8 Å². The van der Waals surface area contributed by atoms with E-state index in [1.807, 2.05) is 13.1 Å². The summed E-state index contributed by atoms with van der Waals surface area (Å²) in [7, 11) is 1.95. The minimum Gasteiger partial charge on any atom is -0.490 e. The molecule has 0 amide bonds. The molecule has 2 atom stereocenters. The predicted octanol–water partition coefficient (Wildman–Crippen LogP) is 1.91. The van der Waals surface area contributed by atoms with E-state index in [1.54, 1.807) is 0 Å². The van der Waals surface area contributed by atoms with Crippen LogP contribution in [0.4, 0.5) is 0 Å². The monoisotopic (exact) mass is 293 g/mol. The van der Waals surface area contributed by atoms with Crippen molar-refractivity contribution in [2.75, 3.05) is 40.1 Å². The Morgan fingerprint density at radius 3 is 2.86 bits per heavy atom. The van der Waals surface area contributed by atoms with E-state index in [0.717, 1.165) is 36.5 Å². The summed E-state index contributed by atoms with van der Waals surface area (Å²) in [6, 6.07) is 6.25. The van der Waals surface area contributed by atoms with Gasteiger partial charge in [0.1, 0.15) is 0 Å². The second-order valence-electron chi connectivity index (χ2n) is 5.42. The fraction of sp³-hybridized carbons (Fsp3) is 0.625. The quantitative estimate of drug-likeness (QED) is 0.899. The summed E-state index contributed by atoms with van der Waals surface area (Å²) >= 11 is 0. The second-order valence-corrected chi connectivity index (χ2v) is 5.42. The average Bonchev–Trinajstić information content (AvgIpc) is 2.92. The van der Waals surface area contributed by atoms with Crippen molar-refractivity contribution in [1.29, 1.82) is 0 Å². The van der Waals surface area contributed by atoms with Crippen LogP contribution in [0.1, 0.15) is 24.4 Å². The maximum Gasteiger partial charge on any atom is 0.161 e. The Morgan fingerprint density at radius 1 is 1.24 bits per heavy atom. The highest BCUT2D eigenvalue weighted by atomic mass is 16.5. The van der Waals surface area contributed by atoms with Crippen molar-refractivity contribution in [2.45, 2.75) is 25.0 Å². The second kappa shape index (κ2) is 7.11. The van der Waals surface area contributed by atoms with E-state index < -0.39 is 0 Å². The van der Waals surface area contributed by atoms with Gasteiger partial charge in [-0.15, -0.1) is 0 Å². The largest absolute Gasteiger partial charge is 0.490 e. The van der Waals surface area contributed by atoms with Crippen LogP contribution in [0.25, 0.3) is 0 Å². The number of nitrogens with one attached hydrogen (secondary N) is 1. The van der Waals surface area contributed by atoms with Crippen LogP contribution in [-0.2, 0) is 9.47 Å². The molecule has 1 saturated heterocycles. The molecule has 0 bridgehead atoms. The first-order chi connectivity index (χ1) is 10.4. The smallest absolute Gasteiger partial charge is 0.161 e. The molecule has 2 aliphatic heterocycles. The van der Waals surface area contributed by atoms with Crippen molar-refractivity contribution in [1.82, 2.24) is 5.32 Å². The molecular weight excluding hydrogens is 270 g/mol. The first kappa shape index (κ1) is 14.6. The predicted molar refractivity (Wildman–Crippen MR) is 79.0 cm³/mol. The van der Waals surface area contributed by atoms with Crippen LogP contribution >= 0.6 is 0 Å². The molecule has 5 heteroatoms. The summed E-state index contributed by atoms with van der Waals surface area (Å²) in [6.07, 6.45) is 2.13. The summed E-state index contributed by atoms with van der Waals surface area (Å²) in [6.45, 7) is 3.56. The summed E-state index contributed by atoms with van der Waals surface area (Å²) in [5.74, 6) is 1.66. The molecule has 0 spiro atoms. The lowest BCUT2D eigenvalue weighted by Gasteiger charge is -2.20. The molecule has 1 fully saturated rings. The average molecular weight is 293 g/mol. The molecule has 2 heterocycles. The van der Waals surface area contributed by atoms with E-state index in [0.29, 0.717) is 26.4 Å². The molecule has 0 saturated carbocycles. The van der Waals surface area contributed by atoms with Crippen molar-refractivity contribution in [2.24, 2.45) is 0 Å². The summed E-state index contributed by atoms with van der Waals surface area (Å²) in [5.41, 5.74) is 1.15. The number of rotatable bonds is 5. The maximum absolute atomic E-state index is 5.92. The lowest BCUT2D eigenvalue weighted by atomic mass is 10.1. The van der Waals surface area contributed by atoms with Gasteiger partial charge < -0.3 is 24.3 Å². The lowest BCUT2D eigenvalue weighted by Crippen LogP contribution is -2.25. The summed E-state index contributed by atoms with van der Waals surface area (Å²) in [5, 5.41) is 3.30. The Bertz CT molecular complexity index is 460. The van der Waals surface area contributed by atoms with Gasteiger partial charge in [0, 0.05) is 13.0 Å². The molecular formula is C16H23NO4. The van der Waals surface area contributed by atoms with Gasteiger partial charge >= 0.3 is 0 Å². The number of hydrogen-bond donors (Lipinski definition) is 1. The van der Waals surface area contributed by atoms with E-state index in [1.165, 1.54) is 0 Å². The third-order valence-corrected chi connectivity index (χ3v) is 3.91. The molecule has 5 nitrogen and oxygen atoms in total. The first-order valence-corrected chi connectivity index (χ1v) is 7.63. The standard InChI is InChI=1S/C16H23NO4/c1-17-14(11-21-13-5-8-18-10-13)12-3-4-15-16(9-12)20-7-2-6-19-15/h3-4,9,13-14,17H,2,5-8,10-11H2,1H3. The summed E-state index contributed by atoms with van der Waals surface area (Å²) in [4.78, 5) is 0. The number of hydrogen-bond acceptors (Lipinski definition) is 5. The highest BCUT2D eigenvalue weighted by Crippen LogP contribution is 2.32. The highest BCUT2D eigenvalue weighted by molar-refractivity contribution is 5.44. The van der Waals surface area contributed by atoms with E-state index in [-0.39, 0.29) is 12.1 Å². The van der Waals surface area contributed by atoms with E-state index >= 15 is 0 Å². The van der Waals surface area contributed by atoms with Gasteiger partial charge in [0.15, 0.2) is 11.5 Å². The minimum absolute atomic E-state index is 0.141. The van der Waals surface area contributed by atoms with Crippen LogP contribution in [0.15, 0.2) is 18.2 Å². The SMILES string of the molecule is CNC(COC1CCOC1)c1ccc2c(c1)OCCCO2. The molecule has 0 aliphatic carbocycles. The molecule has 3 rings (SSSR count). The number of ether oxygens (including phenoxy) is 4. The molecule has 2 aliphatic rings. The lowest BCUT2D eigenvalue weighted by molar-refractivity contribution is 0.0308. The fourth-order valence-electron chi connectivity index (χ4n) is 2.62. The van der Waals surface area contributed by atoms with Crippen LogP contribution in [0.3, 0.4) is 0 Å². The zero-order valence-electron chi connectivity index (χ0n) is 12.5. The molecule has 2 unspecified atom stereocenters. The first-order valence-electron chi connectivity index (χ1n) is 7.63. The van der Waals surface area contributed by atoms with Gasteiger partial charge in [0.25, 0.3) is 0 Å². The van der Waals surface area contributed by atoms with Gasteiger partial charge in [-0.3, -0.25) is 0 Å². The molecule has 0 aromatic heterocycles. The van der Waals surface area contributed by atoms with Crippen LogP contribution in [0, 0.1) is 0 Å². The molecule has 1 aromatic carbocycles. The molecule has 21 heavy (non-hydrogen) atoms. The fourth-order valence-corrected chi connectivity index (χ4v) is 2.62. The van der Waals surface area contributed by atoms with Gasteiger partial charge in [-0.05, 0) is 31.2 Å². The number of likely N-dealkylation sites (N-methyl/N-ethyl adjacent to an activating group) is 1. The Balaban J connectivity index is 1.66. The molecule has 1 aromatic rings. The number of fused-ring (bicyclic) bond motifs is 1. The van der Waals surface area contributed by atoms with E-state index in [4.69, 9.17) is 18.9 Å². The van der Waals surface area contributed by atoms with Crippen molar-refractivity contribution < 1.29 is 18.9 Å². The Morgan fingerprint density at radius 2 is 2.10 bits per heavy atom. The van der Waals surface area contributed by atoms with Gasteiger partial charge in [0.05, 0.1) is 38.6 Å². The molecule has 116 valence electrons. The minimum atomic E-state index is 0.141. The zero-order valence-corrected chi connectivity index (χ0v) is 12.5. The summed E-state index contributed by atoms with van der Waals surface area (Å²) < 4.78 is 22.7. The molecule has 0 radical (unpaired) electrons. The van der Waals surface area contributed by atoms with Gasteiger partial charge in [-0.1, -0.05) is 6.07 Å². The third-order valence-electron chi connectivity index (χ3n) is 3.91. The normalized spacial score (nSPS) is 22.8. The van der Waals surface area contributed by atoms with E-state index in [2.05, 4.69) is 17.4 Å². The van der Waals surface area contributed by atoms with Crippen molar-refractivity contribution in [3.8, 4) is 11.5 Å². The van der Waals surface area contributed by atoms with E-state index in [9.17, 15) is 0 Å². The third kappa shape index (κ3) is 3.67. The Labute approximate surface area is 125 Å². The van der Waals surface area contributed by atoms with Crippen LogP contribution in [-0.4, -0.2) is 46.2 Å². The van der Waals surface area contributed by atoms with Crippen molar-refractivity contribution >= 4 is 0 Å². The Hall–Kier alpha value is -1.30. The topological polar surface area (TPSA) is 49.0 Å². The van der Waals surface area contributed by atoms with Gasteiger partial charge in [-0.2, -0.15) is 0 Å². The maximum atomic E-state index is 5.92. The Kier molecular flexibility index (Phi) is 4.95. The van der Waals surface area contributed by atoms with Crippen LogP contribution in [0.5, 0.6) is 11.5 Å². The van der Waals surface area contributed by atoms with Crippen LogP contribution in [0.2, 0.25) is 0 Å². The van der Waals surface area contributed by atoms with Gasteiger partial charge in [-0.25, -0.2) is 0 Å². The zero-order chi connectivity index (χ0) is 14.5. The van der Waals surface area contributed by atoms with Crippen molar-refractivity contribution in [3.05, 3.63) is 23.8 Å². The number of benzene rings is 1. The van der Waals surface area contributed by atoms with Crippen molar-refractivity contribution in [3.63, 3.8) is 0 Å². The molecule has 1 N–H and O–H groups in total. The highest BCUT2D eigenvalue weighted by Gasteiger charge is 2.20. The van der Waals surface area contributed by atoms with Gasteiger partial charge in [0.2, 0.25) is 0 Å².